The highest BCUT2D eigenvalue weighted by Gasteiger charge is 2.42. The summed E-state index contributed by atoms with van der Waals surface area (Å²) in [5.74, 6) is 1.22. The molecular formula is C24H25N3O3. The molecule has 0 bridgehead atoms. The van der Waals surface area contributed by atoms with E-state index in [0.717, 1.165) is 18.5 Å². The minimum absolute atomic E-state index is 0.00217. The van der Waals surface area contributed by atoms with Gasteiger partial charge in [-0.15, -0.1) is 0 Å². The molecule has 1 fully saturated rings. The molecule has 2 aliphatic heterocycles. The van der Waals surface area contributed by atoms with Gasteiger partial charge in [0.05, 0.1) is 24.0 Å². The fourth-order valence-corrected chi connectivity index (χ4v) is 4.58. The summed E-state index contributed by atoms with van der Waals surface area (Å²) in [4.78, 5) is 14.7. The maximum atomic E-state index is 12.8. The van der Waals surface area contributed by atoms with Crippen LogP contribution in [0.5, 0.6) is 11.5 Å². The Morgan fingerprint density at radius 3 is 2.53 bits per heavy atom. The summed E-state index contributed by atoms with van der Waals surface area (Å²) >= 11 is 0. The van der Waals surface area contributed by atoms with Gasteiger partial charge in [0, 0.05) is 25.0 Å². The number of aromatic nitrogens is 1. The minimum atomic E-state index is -0.155. The first-order valence-electron chi connectivity index (χ1n) is 10.3. The third-order valence-electron chi connectivity index (χ3n) is 6.17. The van der Waals surface area contributed by atoms with Crippen molar-refractivity contribution in [1.82, 2.24) is 9.47 Å². The lowest BCUT2D eigenvalue weighted by Gasteiger charge is -2.46. The molecule has 3 aromatic rings. The fourth-order valence-electron chi connectivity index (χ4n) is 4.58. The van der Waals surface area contributed by atoms with Crippen molar-refractivity contribution in [3.05, 3.63) is 72.6 Å². The van der Waals surface area contributed by atoms with Gasteiger partial charge >= 0.3 is 0 Å². The van der Waals surface area contributed by atoms with Crippen LogP contribution in [-0.4, -0.2) is 42.2 Å². The van der Waals surface area contributed by atoms with E-state index in [1.54, 1.807) is 7.11 Å². The highest BCUT2D eigenvalue weighted by Crippen LogP contribution is 2.43. The van der Waals surface area contributed by atoms with Gasteiger partial charge in [-0.2, -0.15) is 0 Å². The van der Waals surface area contributed by atoms with Crippen LogP contribution in [0.25, 0.3) is 5.69 Å². The second-order valence-electron chi connectivity index (χ2n) is 7.81. The van der Waals surface area contributed by atoms with Gasteiger partial charge in [0.2, 0.25) is 0 Å². The van der Waals surface area contributed by atoms with Gasteiger partial charge in [-0.25, -0.2) is 0 Å². The number of nitrogens with one attached hydrogen (secondary N) is 1. The number of carbonyl (C=O) groups is 1. The SMILES string of the molecule is COc1ccccc1OCC(=O)N1CCC2(CC1)Nc1ccccc1-n1cccc12. The van der Waals surface area contributed by atoms with Crippen molar-refractivity contribution >= 4 is 11.6 Å². The number of fused-ring (bicyclic) bond motifs is 4. The molecule has 5 rings (SSSR count). The molecule has 154 valence electrons. The van der Waals surface area contributed by atoms with Crippen LogP contribution in [0.1, 0.15) is 18.5 Å². The standard InChI is InChI=1S/C24H25N3O3/c1-29-20-9-4-5-10-21(20)30-17-23(28)26-15-12-24(13-16-26)22-11-6-14-27(22)19-8-3-2-7-18(19)25-24/h2-11,14,25H,12-13,15-17H2,1H3. The van der Waals surface area contributed by atoms with Gasteiger partial charge < -0.3 is 24.3 Å². The Kier molecular flexibility index (Phi) is 4.62. The maximum Gasteiger partial charge on any atom is 0.260 e. The molecule has 0 aliphatic carbocycles. The van der Waals surface area contributed by atoms with Crippen LogP contribution in [0.15, 0.2) is 66.9 Å². The molecule has 0 unspecified atom stereocenters. The molecule has 3 heterocycles. The van der Waals surface area contributed by atoms with E-state index in [1.807, 2.05) is 29.2 Å². The van der Waals surface area contributed by atoms with Gasteiger partial charge in [0.15, 0.2) is 18.1 Å². The molecule has 1 aromatic heterocycles. The number of rotatable bonds is 4. The normalized spacial score (nSPS) is 16.4. The number of hydrogen-bond acceptors (Lipinski definition) is 4. The number of piperidine rings is 1. The molecule has 6 nitrogen and oxygen atoms in total. The van der Waals surface area contributed by atoms with Crippen LogP contribution in [0.2, 0.25) is 0 Å². The second kappa shape index (κ2) is 7.44. The van der Waals surface area contributed by atoms with Crippen LogP contribution in [0.3, 0.4) is 0 Å². The molecule has 1 saturated heterocycles. The summed E-state index contributed by atoms with van der Waals surface area (Å²) in [6.45, 7) is 1.39. The number of nitrogens with zero attached hydrogens (tertiary/aromatic N) is 2. The fraction of sp³-hybridized carbons (Fsp3) is 0.292. The number of methoxy groups -OCH3 is 1. The van der Waals surface area contributed by atoms with Gasteiger partial charge in [-0.05, 0) is 49.2 Å². The van der Waals surface area contributed by atoms with E-state index in [0.29, 0.717) is 24.6 Å². The molecule has 1 N–H and O–H groups in total. The molecule has 30 heavy (non-hydrogen) atoms. The first-order valence-corrected chi connectivity index (χ1v) is 10.3. The molecule has 6 heteroatoms. The van der Waals surface area contributed by atoms with E-state index in [1.165, 1.54) is 11.4 Å². The second-order valence-corrected chi connectivity index (χ2v) is 7.81. The summed E-state index contributed by atoms with van der Waals surface area (Å²) in [6, 6.07) is 20.0. The average molecular weight is 403 g/mol. The Labute approximate surface area is 176 Å². The van der Waals surface area contributed by atoms with E-state index in [2.05, 4.69) is 52.5 Å². The summed E-state index contributed by atoms with van der Waals surface area (Å²) in [5, 5.41) is 3.78. The summed E-state index contributed by atoms with van der Waals surface area (Å²) < 4.78 is 13.3. The Morgan fingerprint density at radius 1 is 1.00 bits per heavy atom. The minimum Gasteiger partial charge on any atom is -0.493 e. The monoisotopic (exact) mass is 403 g/mol. The Morgan fingerprint density at radius 2 is 1.73 bits per heavy atom. The van der Waals surface area contributed by atoms with E-state index < -0.39 is 0 Å². The summed E-state index contributed by atoms with van der Waals surface area (Å²) in [5.41, 5.74) is 3.42. The molecular weight excluding hydrogens is 378 g/mol. The Bertz CT molecular complexity index is 1070. The van der Waals surface area contributed by atoms with E-state index in [9.17, 15) is 4.79 Å². The number of amides is 1. The number of carbonyl (C=O) groups excluding carboxylic acids is 1. The number of likely N-dealkylation sites (tertiary alicyclic amines) is 1. The molecule has 2 aromatic carbocycles. The number of benzene rings is 2. The van der Waals surface area contributed by atoms with Gasteiger partial charge in [-0.1, -0.05) is 24.3 Å². The molecule has 0 atom stereocenters. The molecule has 1 spiro atoms. The third kappa shape index (κ3) is 3.09. The molecule has 2 aliphatic rings. The number of ether oxygens (including phenoxy) is 2. The van der Waals surface area contributed by atoms with Gasteiger partial charge in [0.1, 0.15) is 0 Å². The molecule has 1 amide bonds. The quantitative estimate of drug-likeness (QED) is 0.720. The largest absolute Gasteiger partial charge is 0.493 e. The first-order chi connectivity index (χ1) is 14.7. The van der Waals surface area contributed by atoms with Crippen LogP contribution in [0.4, 0.5) is 5.69 Å². The molecule has 0 saturated carbocycles. The third-order valence-corrected chi connectivity index (χ3v) is 6.17. The zero-order valence-corrected chi connectivity index (χ0v) is 17.0. The predicted octanol–water partition coefficient (Wildman–Crippen LogP) is 3.81. The zero-order chi connectivity index (χ0) is 20.6. The number of hydrogen-bond donors (Lipinski definition) is 1. The average Bonchev–Trinajstić information content (AvgIpc) is 3.30. The van der Waals surface area contributed by atoms with E-state index in [-0.39, 0.29) is 18.1 Å². The smallest absolute Gasteiger partial charge is 0.260 e. The van der Waals surface area contributed by atoms with Crippen LogP contribution in [0, 0.1) is 0 Å². The zero-order valence-electron chi connectivity index (χ0n) is 17.0. The predicted molar refractivity (Wildman–Crippen MR) is 115 cm³/mol. The summed E-state index contributed by atoms with van der Waals surface area (Å²) in [6.07, 6.45) is 3.83. The number of anilines is 1. The highest BCUT2D eigenvalue weighted by molar-refractivity contribution is 5.78. The lowest BCUT2D eigenvalue weighted by Crippen LogP contribution is -2.51. The highest BCUT2D eigenvalue weighted by atomic mass is 16.5. The topological polar surface area (TPSA) is 55.7 Å². The first kappa shape index (κ1) is 18.6. The maximum absolute atomic E-state index is 12.8. The van der Waals surface area contributed by atoms with Crippen molar-refractivity contribution in [2.24, 2.45) is 0 Å². The lowest BCUT2D eigenvalue weighted by atomic mass is 9.82. The van der Waals surface area contributed by atoms with Crippen LogP contribution >= 0.6 is 0 Å². The summed E-state index contributed by atoms with van der Waals surface area (Å²) in [7, 11) is 1.60. The van der Waals surface area contributed by atoms with Crippen molar-refractivity contribution in [2.45, 2.75) is 18.4 Å². The van der Waals surface area contributed by atoms with Crippen molar-refractivity contribution in [3.8, 4) is 17.2 Å². The van der Waals surface area contributed by atoms with Gasteiger partial charge in [-0.3, -0.25) is 4.79 Å². The van der Waals surface area contributed by atoms with Gasteiger partial charge in [0.25, 0.3) is 5.91 Å². The number of para-hydroxylation sites is 4. The van der Waals surface area contributed by atoms with Crippen LogP contribution in [-0.2, 0) is 10.3 Å². The Hall–Kier alpha value is -3.41. The lowest BCUT2D eigenvalue weighted by molar-refractivity contribution is -0.134. The van der Waals surface area contributed by atoms with Crippen molar-refractivity contribution < 1.29 is 14.3 Å². The van der Waals surface area contributed by atoms with E-state index >= 15 is 0 Å². The van der Waals surface area contributed by atoms with Crippen molar-refractivity contribution in [2.75, 3.05) is 32.1 Å². The molecule has 0 radical (unpaired) electrons. The van der Waals surface area contributed by atoms with Crippen LogP contribution < -0.4 is 14.8 Å². The Balaban J connectivity index is 1.27. The van der Waals surface area contributed by atoms with Crippen molar-refractivity contribution in [3.63, 3.8) is 0 Å². The van der Waals surface area contributed by atoms with Crippen molar-refractivity contribution in [1.29, 1.82) is 0 Å². The van der Waals surface area contributed by atoms with E-state index in [4.69, 9.17) is 9.47 Å².